The molecule has 0 spiro atoms. The Morgan fingerprint density at radius 3 is 2.43 bits per heavy atom. The molecule has 2 aromatic carbocycles. The Labute approximate surface area is 176 Å². The minimum absolute atomic E-state index is 0.216. The molecule has 0 saturated heterocycles. The molecule has 2 atom stereocenters. The van der Waals surface area contributed by atoms with Gasteiger partial charge in [0.25, 0.3) is 0 Å². The number of carbonyl (C=O) groups excluding carboxylic acids is 2. The van der Waals surface area contributed by atoms with Gasteiger partial charge in [-0.3, -0.25) is 9.59 Å². The maximum Gasteiger partial charge on any atom is 0.317 e. The van der Waals surface area contributed by atoms with E-state index in [0.717, 1.165) is 16.7 Å². The van der Waals surface area contributed by atoms with Crippen LogP contribution in [0.15, 0.2) is 48.5 Å². The van der Waals surface area contributed by atoms with E-state index in [9.17, 15) is 9.59 Å². The molecule has 3 rings (SSSR count). The van der Waals surface area contributed by atoms with Crippen molar-refractivity contribution in [2.45, 2.75) is 19.3 Å². The molecule has 2 aromatic rings. The van der Waals surface area contributed by atoms with Crippen molar-refractivity contribution in [3.63, 3.8) is 0 Å². The van der Waals surface area contributed by atoms with Gasteiger partial charge in [-0.05, 0) is 60.4 Å². The maximum atomic E-state index is 13.0. The lowest BCUT2D eigenvalue weighted by atomic mass is 9.73. The molecule has 0 bridgehead atoms. The average molecular weight is 410 g/mol. The van der Waals surface area contributed by atoms with Gasteiger partial charge in [-0.1, -0.05) is 18.2 Å². The van der Waals surface area contributed by atoms with Crippen molar-refractivity contribution < 1.29 is 28.5 Å². The molecule has 6 heteroatoms. The van der Waals surface area contributed by atoms with Crippen molar-refractivity contribution in [3.8, 4) is 17.2 Å². The average Bonchev–Trinajstić information content (AvgIpc) is 2.78. The molecule has 0 N–H and O–H groups in total. The highest BCUT2D eigenvalue weighted by Crippen LogP contribution is 2.43. The van der Waals surface area contributed by atoms with Gasteiger partial charge >= 0.3 is 5.97 Å². The number of esters is 1. The van der Waals surface area contributed by atoms with Crippen LogP contribution in [0.25, 0.3) is 5.57 Å². The summed E-state index contributed by atoms with van der Waals surface area (Å²) in [6.45, 7) is 1.95. The largest absolute Gasteiger partial charge is 0.497 e. The van der Waals surface area contributed by atoms with Crippen molar-refractivity contribution >= 4 is 17.3 Å². The number of allylic oxidation sites excluding steroid dienone is 2. The summed E-state index contributed by atoms with van der Waals surface area (Å²) in [5, 5.41) is 0. The highest BCUT2D eigenvalue weighted by Gasteiger charge is 2.40. The predicted octanol–water partition coefficient (Wildman–Crippen LogP) is 4.03. The number of ether oxygens (including phenoxy) is 4. The van der Waals surface area contributed by atoms with Gasteiger partial charge in [0.1, 0.15) is 11.7 Å². The Morgan fingerprint density at radius 2 is 1.77 bits per heavy atom. The minimum atomic E-state index is -0.905. The van der Waals surface area contributed by atoms with Crippen molar-refractivity contribution in [1.29, 1.82) is 0 Å². The van der Waals surface area contributed by atoms with Gasteiger partial charge in [-0.15, -0.1) is 0 Å². The van der Waals surface area contributed by atoms with E-state index < -0.39 is 11.9 Å². The normalized spacial score (nSPS) is 18.4. The molecule has 158 valence electrons. The lowest BCUT2D eigenvalue weighted by Crippen LogP contribution is -2.34. The summed E-state index contributed by atoms with van der Waals surface area (Å²) in [6.07, 6.45) is 2.05. The number of methoxy groups -OCH3 is 3. The predicted molar refractivity (Wildman–Crippen MR) is 113 cm³/mol. The first kappa shape index (κ1) is 21.4. The summed E-state index contributed by atoms with van der Waals surface area (Å²) < 4.78 is 21.3. The topological polar surface area (TPSA) is 71.1 Å². The van der Waals surface area contributed by atoms with E-state index in [1.54, 1.807) is 40.4 Å². The van der Waals surface area contributed by atoms with E-state index in [-0.39, 0.29) is 18.3 Å². The zero-order valence-corrected chi connectivity index (χ0v) is 17.6. The van der Waals surface area contributed by atoms with Gasteiger partial charge in [-0.2, -0.15) is 0 Å². The van der Waals surface area contributed by atoms with Crippen LogP contribution in [-0.4, -0.2) is 39.7 Å². The number of hydrogen-bond acceptors (Lipinski definition) is 6. The highest BCUT2D eigenvalue weighted by molar-refractivity contribution is 6.10. The first-order chi connectivity index (χ1) is 14.5. The molecular weight excluding hydrogens is 384 g/mol. The summed E-state index contributed by atoms with van der Waals surface area (Å²) >= 11 is 0. The van der Waals surface area contributed by atoms with Gasteiger partial charge in [0.05, 0.1) is 27.9 Å². The molecule has 6 nitrogen and oxygen atoms in total. The molecule has 0 amide bonds. The zero-order valence-electron chi connectivity index (χ0n) is 17.6. The van der Waals surface area contributed by atoms with Crippen LogP contribution < -0.4 is 14.2 Å². The molecule has 0 aliphatic heterocycles. The van der Waals surface area contributed by atoms with Crippen LogP contribution in [0.1, 0.15) is 30.4 Å². The molecule has 0 unspecified atom stereocenters. The maximum absolute atomic E-state index is 13.0. The molecule has 0 radical (unpaired) electrons. The van der Waals surface area contributed by atoms with E-state index in [4.69, 9.17) is 18.9 Å². The van der Waals surface area contributed by atoms with Gasteiger partial charge in [-0.25, -0.2) is 0 Å². The number of ketones is 1. The standard InChI is InChI=1S/C24H26O6/c1-5-30-24(26)23-19(16-9-10-21(28-3)22(14-16)29-4)12-17(13-20(23)25)15-7-6-8-18(11-15)27-2/h6-11,13-14,19,23H,5,12H2,1-4H3/t19-,23-/m0/s1. The summed E-state index contributed by atoms with van der Waals surface area (Å²) in [6, 6.07) is 13.0. The number of hydrogen-bond donors (Lipinski definition) is 0. The van der Waals surface area contributed by atoms with E-state index in [2.05, 4.69) is 0 Å². The van der Waals surface area contributed by atoms with E-state index in [0.29, 0.717) is 23.7 Å². The van der Waals surface area contributed by atoms with Crippen molar-refractivity contribution in [1.82, 2.24) is 0 Å². The molecule has 30 heavy (non-hydrogen) atoms. The monoisotopic (exact) mass is 410 g/mol. The zero-order chi connectivity index (χ0) is 21.7. The third-order valence-electron chi connectivity index (χ3n) is 5.28. The molecule has 1 aliphatic carbocycles. The van der Waals surface area contributed by atoms with E-state index >= 15 is 0 Å². The summed E-state index contributed by atoms with van der Waals surface area (Å²) in [4.78, 5) is 25.7. The molecule has 0 heterocycles. The fourth-order valence-corrected chi connectivity index (χ4v) is 3.80. The molecular formula is C24H26O6. The number of benzene rings is 2. The Bertz CT molecular complexity index is 962. The van der Waals surface area contributed by atoms with Gasteiger partial charge < -0.3 is 18.9 Å². The number of rotatable bonds is 7. The van der Waals surface area contributed by atoms with Crippen LogP contribution in [0.3, 0.4) is 0 Å². The fraction of sp³-hybridized carbons (Fsp3) is 0.333. The van der Waals surface area contributed by atoms with Crippen LogP contribution in [0, 0.1) is 5.92 Å². The van der Waals surface area contributed by atoms with Gasteiger partial charge in [0, 0.05) is 5.92 Å². The van der Waals surface area contributed by atoms with Crippen LogP contribution in [0.4, 0.5) is 0 Å². The molecule has 0 saturated carbocycles. The summed E-state index contributed by atoms with van der Waals surface area (Å²) in [5.41, 5.74) is 2.54. The fourth-order valence-electron chi connectivity index (χ4n) is 3.80. The Kier molecular flexibility index (Phi) is 6.77. The van der Waals surface area contributed by atoms with Crippen LogP contribution in [0.5, 0.6) is 17.2 Å². The molecule has 0 aromatic heterocycles. The quantitative estimate of drug-likeness (QED) is 0.507. The lowest BCUT2D eigenvalue weighted by molar-refractivity contribution is -0.151. The van der Waals surface area contributed by atoms with E-state index in [1.807, 2.05) is 36.4 Å². The van der Waals surface area contributed by atoms with Crippen LogP contribution >= 0.6 is 0 Å². The van der Waals surface area contributed by atoms with Crippen molar-refractivity contribution in [3.05, 3.63) is 59.7 Å². The number of carbonyl (C=O) groups is 2. The van der Waals surface area contributed by atoms with Gasteiger partial charge in [0.15, 0.2) is 17.3 Å². The summed E-state index contributed by atoms with van der Waals surface area (Å²) in [7, 11) is 4.72. The SMILES string of the molecule is CCOC(=O)[C@@H]1C(=O)C=C(c2cccc(OC)c2)C[C@H]1c1ccc(OC)c(OC)c1. The molecule has 0 fully saturated rings. The highest BCUT2D eigenvalue weighted by atomic mass is 16.5. The van der Waals surface area contributed by atoms with Crippen LogP contribution in [-0.2, 0) is 14.3 Å². The third-order valence-corrected chi connectivity index (χ3v) is 5.28. The first-order valence-corrected chi connectivity index (χ1v) is 9.79. The van der Waals surface area contributed by atoms with Crippen molar-refractivity contribution in [2.75, 3.05) is 27.9 Å². The Morgan fingerprint density at radius 1 is 1.00 bits per heavy atom. The van der Waals surface area contributed by atoms with Gasteiger partial charge in [0.2, 0.25) is 0 Å². The second kappa shape index (κ2) is 9.48. The second-order valence-electron chi connectivity index (χ2n) is 6.96. The van der Waals surface area contributed by atoms with Crippen LogP contribution in [0.2, 0.25) is 0 Å². The third kappa shape index (κ3) is 4.32. The van der Waals surface area contributed by atoms with Crippen molar-refractivity contribution in [2.24, 2.45) is 5.92 Å². The second-order valence-corrected chi connectivity index (χ2v) is 6.96. The lowest BCUT2D eigenvalue weighted by Gasteiger charge is -2.30. The Hall–Kier alpha value is -3.28. The minimum Gasteiger partial charge on any atom is -0.497 e. The first-order valence-electron chi connectivity index (χ1n) is 9.79. The summed E-state index contributed by atoms with van der Waals surface area (Å²) in [5.74, 6) is -0.237. The smallest absolute Gasteiger partial charge is 0.317 e. The van der Waals surface area contributed by atoms with E-state index in [1.165, 1.54) is 0 Å². The molecule has 1 aliphatic rings. The Balaban J connectivity index is 2.06.